The molecule has 0 fully saturated rings. The topological polar surface area (TPSA) is 65.2 Å². The highest BCUT2D eigenvalue weighted by molar-refractivity contribution is 5.79. The van der Waals surface area contributed by atoms with E-state index in [4.69, 9.17) is 9.26 Å². The van der Waals surface area contributed by atoms with E-state index in [1.54, 1.807) is 7.11 Å². The lowest BCUT2D eigenvalue weighted by Gasteiger charge is -2.05. The Morgan fingerprint density at radius 1 is 1.42 bits per heavy atom. The van der Waals surface area contributed by atoms with Gasteiger partial charge in [-0.05, 0) is 24.6 Å². The molecule has 5 heteroatoms. The normalized spacial score (nSPS) is 10.5. The van der Waals surface area contributed by atoms with E-state index in [-0.39, 0.29) is 12.2 Å². The first-order chi connectivity index (χ1) is 9.13. The number of aryl methyl sites for hydroxylation is 1. The van der Waals surface area contributed by atoms with Gasteiger partial charge < -0.3 is 9.26 Å². The Labute approximate surface area is 111 Å². The van der Waals surface area contributed by atoms with Crippen molar-refractivity contribution in [3.05, 3.63) is 29.7 Å². The maximum atomic E-state index is 11.3. The number of nitrogens with zero attached hydrogens (tertiary/aromatic N) is 2. The van der Waals surface area contributed by atoms with Crippen molar-refractivity contribution in [1.29, 1.82) is 0 Å². The summed E-state index contributed by atoms with van der Waals surface area (Å²) >= 11 is 0. The standard InChI is InChI=1S/C14H16N2O3/c1-4-10(17)8-13-15-14(16-19-13)11-6-5-9(2)7-12(11)18-3/h5-7H,4,8H2,1-3H3. The lowest BCUT2D eigenvalue weighted by Crippen LogP contribution is -2.00. The third kappa shape index (κ3) is 2.99. The Morgan fingerprint density at radius 3 is 2.89 bits per heavy atom. The molecule has 19 heavy (non-hydrogen) atoms. The molecule has 0 saturated heterocycles. The summed E-state index contributed by atoms with van der Waals surface area (Å²) in [5.74, 6) is 1.54. The zero-order valence-corrected chi connectivity index (χ0v) is 11.3. The first-order valence-electron chi connectivity index (χ1n) is 6.13. The van der Waals surface area contributed by atoms with Gasteiger partial charge in [0.1, 0.15) is 11.5 Å². The summed E-state index contributed by atoms with van der Waals surface area (Å²) in [7, 11) is 1.60. The van der Waals surface area contributed by atoms with Gasteiger partial charge in [0.25, 0.3) is 0 Å². The zero-order valence-electron chi connectivity index (χ0n) is 11.3. The first kappa shape index (κ1) is 13.3. The molecule has 0 aliphatic rings. The molecular formula is C14H16N2O3. The van der Waals surface area contributed by atoms with Crippen LogP contribution in [0.25, 0.3) is 11.4 Å². The molecule has 0 radical (unpaired) electrons. The van der Waals surface area contributed by atoms with E-state index in [2.05, 4.69) is 10.1 Å². The number of carbonyl (C=O) groups excluding carboxylic acids is 1. The van der Waals surface area contributed by atoms with Crippen LogP contribution in [-0.4, -0.2) is 23.0 Å². The average molecular weight is 260 g/mol. The van der Waals surface area contributed by atoms with Crippen molar-refractivity contribution in [2.24, 2.45) is 0 Å². The number of carbonyl (C=O) groups is 1. The molecule has 2 rings (SSSR count). The number of ketones is 1. The number of ether oxygens (including phenoxy) is 1. The number of hydrogen-bond donors (Lipinski definition) is 0. The molecule has 0 aliphatic carbocycles. The average Bonchev–Trinajstić information content (AvgIpc) is 2.86. The predicted octanol–water partition coefficient (Wildman–Crippen LogP) is 2.58. The second-order valence-electron chi connectivity index (χ2n) is 4.28. The quantitative estimate of drug-likeness (QED) is 0.826. The number of Topliss-reactive ketones (excluding diaryl/α,β-unsaturated/α-hetero) is 1. The first-order valence-corrected chi connectivity index (χ1v) is 6.13. The third-order valence-corrected chi connectivity index (χ3v) is 2.81. The summed E-state index contributed by atoms with van der Waals surface area (Å²) in [4.78, 5) is 15.6. The molecule has 1 heterocycles. The van der Waals surface area contributed by atoms with Gasteiger partial charge in [0.05, 0.1) is 19.1 Å². The molecule has 0 aliphatic heterocycles. The van der Waals surface area contributed by atoms with Gasteiger partial charge in [-0.2, -0.15) is 4.98 Å². The number of aromatic nitrogens is 2. The molecular weight excluding hydrogens is 244 g/mol. The maximum absolute atomic E-state index is 11.3. The Morgan fingerprint density at radius 2 is 2.21 bits per heavy atom. The van der Waals surface area contributed by atoms with Crippen LogP contribution in [0.3, 0.4) is 0 Å². The van der Waals surface area contributed by atoms with Crippen molar-refractivity contribution < 1.29 is 14.1 Å². The minimum atomic E-state index is 0.0751. The molecule has 100 valence electrons. The lowest BCUT2D eigenvalue weighted by atomic mass is 10.1. The van der Waals surface area contributed by atoms with Crippen LogP contribution >= 0.6 is 0 Å². The van der Waals surface area contributed by atoms with E-state index in [9.17, 15) is 4.79 Å². The largest absolute Gasteiger partial charge is 0.496 e. The van der Waals surface area contributed by atoms with Crippen LogP contribution in [0.5, 0.6) is 5.75 Å². The molecule has 0 amide bonds. The minimum absolute atomic E-state index is 0.0751. The Kier molecular flexibility index (Phi) is 3.94. The van der Waals surface area contributed by atoms with Gasteiger partial charge in [0, 0.05) is 6.42 Å². The van der Waals surface area contributed by atoms with Gasteiger partial charge in [-0.1, -0.05) is 18.1 Å². The SMILES string of the molecule is CCC(=O)Cc1nc(-c2ccc(C)cc2OC)no1. The number of benzene rings is 1. The van der Waals surface area contributed by atoms with Gasteiger partial charge in [0.15, 0.2) is 0 Å². The monoisotopic (exact) mass is 260 g/mol. The van der Waals surface area contributed by atoms with Gasteiger partial charge in [-0.25, -0.2) is 0 Å². The molecule has 0 unspecified atom stereocenters. The smallest absolute Gasteiger partial charge is 0.234 e. The van der Waals surface area contributed by atoms with Crippen molar-refractivity contribution in [2.75, 3.05) is 7.11 Å². The fourth-order valence-corrected chi connectivity index (χ4v) is 1.71. The highest BCUT2D eigenvalue weighted by Crippen LogP contribution is 2.28. The number of hydrogen-bond acceptors (Lipinski definition) is 5. The highest BCUT2D eigenvalue weighted by atomic mass is 16.5. The molecule has 0 atom stereocenters. The summed E-state index contributed by atoms with van der Waals surface area (Å²) in [6, 6.07) is 5.73. The molecule has 1 aromatic heterocycles. The van der Waals surface area contributed by atoms with Gasteiger partial charge in [0.2, 0.25) is 11.7 Å². The Bertz CT molecular complexity index is 590. The molecule has 1 aromatic carbocycles. The van der Waals surface area contributed by atoms with E-state index in [0.717, 1.165) is 11.1 Å². The van der Waals surface area contributed by atoms with Crippen molar-refractivity contribution >= 4 is 5.78 Å². The van der Waals surface area contributed by atoms with Crippen molar-refractivity contribution in [2.45, 2.75) is 26.7 Å². The lowest BCUT2D eigenvalue weighted by molar-refractivity contribution is -0.118. The summed E-state index contributed by atoms with van der Waals surface area (Å²) in [6.07, 6.45) is 0.642. The molecule has 0 saturated carbocycles. The van der Waals surface area contributed by atoms with Crippen molar-refractivity contribution in [1.82, 2.24) is 10.1 Å². The minimum Gasteiger partial charge on any atom is -0.496 e. The van der Waals surface area contributed by atoms with E-state index >= 15 is 0 Å². The van der Waals surface area contributed by atoms with Crippen LogP contribution in [0.4, 0.5) is 0 Å². The Hall–Kier alpha value is -2.17. The summed E-state index contributed by atoms with van der Waals surface area (Å²) < 4.78 is 10.4. The molecule has 2 aromatic rings. The van der Waals surface area contributed by atoms with E-state index < -0.39 is 0 Å². The van der Waals surface area contributed by atoms with Crippen LogP contribution in [-0.2, 0) is 11.2 Å². The van der Waals surface area contributed by atoms with Crippen molar-refractivity contribution in [3.8, 4) is 17.1 Å². The van der Waals surface area contributed by atoms with Crippen LogP contribution in [0.1, 0.15) is 24.8 Å². The number of rotatable bonds is 5. The van der Waals surface area contributed by atoms with E-state index in [0.29, 0.717) is 23.9 Å². The summed E-state index contributed by atoms with van der Waals surface area (Å²) in [6.45, 7) is 3.79. The summed E-state index contributed by atoms with van der Waals surface area (Å²) in [5.41, 5.74) is 1.84. The van der Waals surface area contributed by atoms with Crippen LogP contribution in [0, 0.1) is 6.92 Å². The predicted molar refractivity (Wildman–Crippen MR) is 70.0 cm³/mol. The molecule has 0 spiro atoms. The van der Waals surface area contributed by atoms with Crippen molar-refractivity contribution in [3.63, 3.8) is 0 Å². The van der Waals surface area contributed by atoms with Crippen LogP contribution in [0.2, 0.25) is 0 Å². The fourth-order valence-electron chi connectivity index (χ4n) is 1.71. The van der Waals surface area contributed by atoms with Gasteiger partial charge in [-0.3, -0.25) is 4.79 Å². The molecule has 0 N–H and O–H groups in total. The van der Waals surface area contributed by atoms with Gasteiger partial charge in [-0.15, -0.1) is 0 Å². The number of methoxy groups -OCH3 is 1. The third-order valence-electron chi connectivity index (χ3n) is 2.81. The highest BCUT2D eigenvalue weighted by Gasteiger charge is 2.14. The van der Waals surface area contributed by atoms with E-state index in [1.807, 2.05) is 32.0 Å². The van der Waals surface area contributed by atoms with Crippen LogP contribution < -0.4 is 4.74 Å². The van der Waals surface area contributed by atoms with E-state index in [1.165, 1.54) is 0 Å². The zero-order chi connectivity index (χ0) is 13.8. The second-order valence-corrected chi connectivity index (χ2v) is 4.28. The fraction of sp³-hybridized carbons (Fsp3) is 0.357. The van der Waals surface area contributed by atoms with Gasteiger partial charge >= 0.3 is 0 Å². The second kappa shape index (κ2) is 5.65. The van der Waals surface area contributed by atoms with Crippen LogP contribution in [0.15, 0.2) is 22.7 Å². The molecule has 5 nitrogen and oxygen atoms in total. The molecule has 0 bridgehead atoms. The summed E-state index contributed by atoms with van der Waals surface area (Å²) in [5, 5.41) is 3.89. The Balaban J connectivity index is 2.30. The maximum Gasteiger partial charge on any atom is 0.234 e.